The average molecular weight is 385 g/mol. The van der Waals surface area contributed by atoms with Gasteiger partial charge >= 0.3 is 0 Å². The van der Waals surface area contributed by atoms with E-state index >= 15 is 0 Å². The third-order valence-corrected chi connectivity index (χ3v) is 5.24. The van der Waals surface area contributed by atoms with Gasteiger partial charge in [0.2, 0.25) is 5.91 Å². The summed E-state index contributed by atoms with van der Waals surface area (Å²) in [5.74, 6) is 0.231. The number of rotatable bonds is 3. The molecule has 1 amide bonds. The smallest absolute Gasteiger partial charge is 0.226 e. The monoisotopic (exact) mass is 384 g/mol. The third kappa shape index (κ3) is 3.90. The molecule has 6 heteroatoms. The van der Waals surface area contributed by atoms with Gasteiger partial charge in [0.15, 0.2) is 0 Å². The molecule has 0 spiro atoms. The molecule has 0 saturated heterocycles. The molecule has 3 N–H and O–H groups in total. The van der Waals surface area contributed by atoms with E-state index in [0.717, 1.165) is 35.3 Å². The Bertz CT molecular complexity index is 909. The topological polar surface area (TPSA) is 72.8 Å². The van der Waals surface area contributed by atoms with Crippen LogP contribution >= 0.6 is 12.2 Å². The molecule has 0 fully saturated rings. The number of aryl methyl sites for hydroxylation is 1. The van der Waals surface area contributed by atoms with Gasteiger partial charge in [0.05, 0.1) is 5.56 Å². The standard InChI is InChI=1S/C21H24N2O3S/c1-12(2)15-10-16(19(25)11-18(15)24)21(27)22-14-7-8-17-13(9-14)5-4-6-20(26)23(17)3/h7-12,24-25H,4-6H2,1-3H3,(H,22,27). The van der Waals surface area contributed by atoms with E-state index in [4.69, 9.17) is 12.2 Å². The van der Waals surface area contributed by atoms with Crippen LogP contribution in [0.15, 0.2) is 30.3 Å². The molecule has 2 aromatic rings. The lowest BCUT2D eigenvalue weighted by Gasteiger charge is -2.19. The molecule has 27 heavy (non-hydrogen) atoms. The molecular weight excluding hydrogens is 360 g/mol. The fourth-order valence-electron chi connectivity index (χ4n) is 3.36. The molecule has 0 aliphatic carbocycles. The Hall–Kier alpha value is -2.60. The molecule has 0 saturated carbocycles. The first-order chi connectivity index (χ1) is 12.8. The summed E-state index contributed by atoms with van der Waals surface area (Å²) >= 11 is 5.49. The Morgan fingerprint density at radius 2 is 1.89 bits per heavy atom. The number of thiocarbonyl (C=S) groups is 1. The molecule has 0 radical (unpaired) electrons. The molecule has 1 heterocycles. The number of phenolic OH excluding ortho intramolecular Hbond substituents is 2. The fourth-order valence-corrected chi connectivity index (χ4v) is 3.64. The second kappa shape index (κ2) is 7.56. The number of carbonyl (C=O) groups excluding carboxylic acids is 1. The van der Waals surface area contributed by atoms with Crippen molar-refractivity contribution in [2.75, 3.05) is 17.3 Å². The van der Waals surface area contributed by atoms with Crippen LogP contribution < -0.4 is 10.2 Å². The van der Waals surface area contributed by atoms with Crippen LogP contribution in [0.2, 0.25) is 0 Å². The number of hydrogen-bond donors (Lipinski definition) is 3. The molecule has 0 unspecified atom stereocenters. The van der Waals surface area contributed by atoms with Crippen molar-refractivity contribution in [1.29, 1.82) is 0 Å². The van der Waals surface area contributed by atoms with E-state index in [2.05, 4.69) is 5.32 Å². The molecule has 142 valence electrons. The number of anilines is 2. The molecule has 3 rings (SSSR count). The summed E-state index contributed by atoms with van der Waals surface area (Å²) in [4.78, 5) is 14.1. The number of phenols is 2. The molecule has 0 aromatic heterocycles. The zero-order valence-electron chi connectivity index (χ0n) is 15.7. The van der Waals surface area contributed by atoms with Gasteiger partial charge in [0.1, 0.15) is 16.5 Å². The van der Waals surface area contributed by atoms with Crippen molar-refractivity contribution >= 4 is 34.5 Å². The Morgan fingerprint density at radius 3 is 2.59 bits per heavy atom. The maximum atomic E-state index is 12.0. The number of nitrogens with one attached hydrogen (secondary N) is 1. The van der Waals surface area contributed by atoms with Gasteiger partial charge in [-0.1, -0.05) is 26.1 Å². The highest BCUT2D eigenvalue weighted by Gasteiger charge is 2.20. The SMILES string of the molecule is CC(C)c1cc(C(=S)Nc2ccc3c(c2)CCCC(=O)N3C)c(O)cc1O. The van der Waals surface area contributed by atoms with Gasteiger partial charge in [-0.05, 0) is 54.2 Å². The quantitative estimate of drug-likeness (QED) is 0.688. The highest BCUT2D eigenvalue weighted by molar-refractivity contribution is 7.81. The predicted octanol–water partition coefficient (Wildman–Crippen LogP) is 4.31. The van der Waals surface area contributed by atoms with Crippen molar-refractivity contribution in [1.82, 2.24) is 0 Å². The number of benzene rings is 2. The summed E-state index contributed by atoms with van der Waals surface area (Å²) in [6.07, 6.45) is 2.20. The average Bonchev–Trinajstić information content (AvgIpc) is 2.73. The first-order valence-corrected chi connectivity index (χ1v) is 9.45. The van der Waals surface area contributed by atoms with Crippen LogP contribution in [0.4, 0.5) is 11.4 Å². The van der Waals surface area contributed by atoms with Crippen molar-refractivity contribution in [2.24, 2.45) is 0 Å². The zero-order chi connectivity index (χ0) is 19.7. The number of carbonyl (C=O) groups is 1. The molecule has 0 bridgehead atoms. The molecular formula is C21H24N2O3S. The normalized spacial score (nSPS) is 14.1. The van der Waals surface area contributed by atoms with Crippen LogP contribution in [-0.2, 0) is 11.2 Å². The van der Waals surface area contributed by atoms with Crippen molar-refractivity contribution < 1.29 is 15.0 Å². The van der Waals surface area contributed by atoms with Crippen molar-refractivity contribution in [2.45, 2.75) is 39.0 Å². The highest BCUT2D eigenvalue weighted by atomic mass is 32.1. The minimum Gasteiger partial charge on any atom is -0.508 e. The maximum absolute atomic E-state index is 12.0. The van der Waals surface area contributed by atoms with Crippen LogP contribution in [-0.4, -0.2) is 28.2 Å². The Morgan fingerprint density at radius 1 is 1.15 bits per heavy atom. The number of nitrogens with zero attached hydrogens (tertiary/aromatic N) is 1. The van der Waals surface area contributed by atoms with E-state index < -0.39 is 0 Å². The molecule has 2 aromatic carbocycles. The van der Waals surface area contributed by atoms with Gasteiger partial charge in [-0.15, -0.1) is 0 Å². The lowest BCUT2D eigenvalue weighted by molar-refractivity contribution is -0.118. The molecule has 5 nitrogen and oxygen atoms in total. The van der Waals surface area contributed by atoms with E-state index in [-0.39, 0.29) is 23.3 Å². The van der Waals surface area contributed by atoms with Gasteiger partial charge in [-0.3, -0.25) is 4.79 Å². The van der Waals surface area contributed by atoms with Crippen molar-refractivity contribution in [3.05, 3.63) is 47.0 Å². The number of fused-ring (bicyclic) bond motifs is 1. The summed E-state index contributed by atoms with van der Waals surface area (Å²) < 4.78 is 0. The van der Waals surface area contributed by atoms with Crippen LogP contribution in [0.1, 0.15) is 49.3 Å². The van der Waals surface area contributed by atoms with E-state index in [1.165, 1.54) is 6.07 Å². The lowest BCUT2D eigenvalue weighted by atomic mass is 9.98. The number of aromatic hydroxyl groups is 2. The number of hydrogen-bond acceptors (Lipinski definition) is 4. The predicted molar refractivity (Wildman–Crippen MR) is 112 cm³/mol. The van der Waals surface area contributed by atoms with Crippen LogP contribution in [0.25, 0.3) is 0 Å². The Labute approximate surface area is 164 Å². The van der Waals surface area contributed by atoms with Gasteiger partial charge in [-0.25, -0.2) is 0 Å². The van der Waals surface area contributed by atoms with Crippen LogP contribution in [0, 0.1) is 0 Å². The van der Waals surface area contributed by atoms with Gasteiger partial charge < -0.3 is 20.4 Å². The van der Waals surface area contributed by atoms with Crippen molar-refractivity contribution in [3.8, 4) is 11.5 Å². The summed E-state index contributed by atoms with van der Waals surface area (Å²) in [6, 6.07) is 8.84. The van der Waals surface area contributed by atoms with E-state index in [1.54, 1.807) is 18.0 Å². The summed E-state index contributed by atoms with van der Waals surface area (Å²) in [5.41, 5.74) is 4.03. The lowest BCUT2D eigenvalue weighted by Crippen LogP contribution is -2.25. The second-order valence-electron chi connectivity index (χ2n) is 7.19. The first-order valence-electron chi connectivity index (χ1n) is 9.04. The van der Waals surface area contributed by atoms with Crippen LogP contribution in [0.5, 0.6) is 11.5 Å². The van der Waals surface area contributed by atoms with E-state index in [9.17, 15) is 15.0 Å². The van der Waals surface area contributed by atoms with E-state index in [0.29, 0.717) is 17.0 Å². The summed E-state index contributed by atoms with van der Waals surface area (Å²) in [5, 5.41) is 23.4. The number of amides is 1. The molecule has 1 aliphatic heterocycles. The zero-order valence-corrected chi connectivity index (χ0v) is 16.6. The van der Waals surface area contributed by atoms with Crippen LogP contribution in [0.3, 0.4) is 0 Å². The molecule has 0 atom stereocenters. The minimum absolute atomic E-state index is 0.0607. The van der Waals surface area contributed by atoms with Crippen molar-refractivity contribution in [3.63, 3.8) is 0 Å². The first kappa shape index (κ1) is 19.2. The van der Waals surface area contributed by atoms with E-state index in [1.807, 2.05) is 32.0 Å². The van der Waals surface area contributed by atoms with Gasteiger partial charge in [0, 0.05) is 30.9 Å². The van der Waals surface area contributed by atoms with Gasteiger partial charge in [0.25, 0.3) is 0 Å². The van der Waals surface area contributed by atoms with Gasteiger partial charge in [-0.2, -0.15) is 0 Å². The largest absolute Gasteiger partial charge is 0.508 e. The fraction of sp³-hybridized carbons (Fsp3) is 0.333. The summed E-state index contributed by atoms with van der Waals surface area (Å²) in [7, 11) is 1.80. The Balaban J connectivity index is 1.88. The maximum Gasteiger partial charge on any atom is 0.226 e. The minimum atomic E-state index is -0.0607. The second-order valence-corrected chi connectivity index (χ2v) is 7.60. The highest BCUT2D eigenvalue weighted by Crippen LogP contribution is 2.33. The summed E-state index contributed by atoms with van der Waals surface area (Å²) in [6.45, 7) is 3.94. The molecule has 1 aliphatic rings. The third-order valence-electron chi connectivity index (χ3n) is 4.92. The Kier molecular flexibility index (Phi) is 5.37.